The number of nitrogens with two attached hydrogens (primary N) is 1. The first-order valence-electron chi connectivity index (χ1n) is 8.07. The van der Waals surface area contributed by atoms with Crippen molar-refractivity contribution in [3.63, 3.8) is 0 Å². The van der Waals surface area contributed by atoms with Gasteiger partial charge in [0.05, 0.1) is 5.60 Å². The quantitative estimate of drug-likeness (QED) is 0.812. The van der Waals surface area contributed by atoms with Crippen LogP contribution in [0.25, 0.3) is 0 Å². The van der Waals surface area contributed by atoms with Crippen LogP contribution in [0.5, 0.6) is 0 Å². The maximum Gasteiger partial charge on any atom is 0.248 e. The zero-order valence-electron chi connectivity index (χ0n) is 13.2. The summed E-state index contributed by atoms with van der Waals surface area (Å²) in [5.74, 6) is 1.61. The zero-order valence-corrected chi connectivity index (χ0v) is 13.2. The summed E-state index contributed by atoms with van der Waals surface area (Å²) < 4.78 is 5.99. The Bertz CT molecular complexity index is 331. The van der Waals surface area contributed by atoms with Gasteiger partial charge in [-0.2, -0.15) is 0 Å². The Balaban J connectivity index is 1.81. The standard InChI is InChI=1S/C16H30N2O2/c1-12(2)13-6-8-16(11-17,9-7-13)20-10-15(19)18(3)14-4-5-14/h12-14H,4-11,17H2,1-3H3. The molecule has 0 aromatic rings. The van der Waals surface area contributed by atoms with Gasteiger partial charge in [0.25, 0.3) is 0 Å². The molecular weight excluding hydrogens is 252 g/mol. The fraction of sp³-hybridized carbons (Fsp3) is 0.938. The van der Waals surface area contributed by atoms with Gasteiger partial charge in [-0.05, 0) is 50.4 Å². The molecule has 4 nitrogen and oxygen atoms in total. The Morgan fingerprint density at radius 3 is 2.35 bits per heavy atom. The van der Waals surface area contributed by atoms with E-state index in [0.717, 1.165) is 37.5 Å². The first-order valence-corrected chi connectivity index (χ1v) is 8.07. The van der Waals surface area contributed by atoms with Gasteiger partial charge in [-0.25, -0.2) is 0 Å². The summed E-state index contributed by atoms with van der Waals surface area (Å²) in [4.78, 5) is 13.9. The third-order valence-electron chi connectivity index (χ3n) is 5.25. The van der Waals surface area contributed by atoms with Crippen LogP contribution in [0.1, 0.15) is 52.4 Å². The van der Waals surface area contributed by atoms with Gasteiger partial charge < -0.3 is 15.4 Å². The van der Waals surface area contributed by atoms with E-state index in [9.17, 15) is 4.79 Å². The van der Waals surface area contributed by atoms with Crippen molar-refractivity contribution in [1.29, 1.82) is 0 Å². The number of amides is 1. The molecule has 2 rings (SSSR count). The molecule has 0 heterocycles. The first-order chi connectivity index (χ1) is 9.47. The lowest BCUT2D eigenvalue weighted by Gasteiger charge is -2.40. The van der Waals surface area contributed by atoms with E-state index in [1.807, 2.05) is 11.9 Å². The molecule has 0 aromatic carbocycles. The van der Waals surface area contributed by atoms with Crippen molar-refractivity contribution in [3.8, 4) is 0 Å². The lowest BCUT2D eigenvalue weighted by Crippen LogP contribution is -2.46. The SMILES string of the molecule is CC(C)C1CCC(CN)(OCC(=O)N(C)C2CC2)CC1. The van der Waals surface area contributed by atoms with Crippen LogP contribution in [-0.4, -0.2) is 42.6 Å². The van der Waals surface area contributed by atoms with Crippen LogP contribution in [0, 0.1) is 11.8 Å². The van der Waals surface area contributed by atoms with Crippen molar-refractivity contribution < 1.29 is 9.53 Å². The molecule has 0 aromatic heterocycles. The zero-order chi connectivity index (χ0) is 14.8. The minimum Gasteiger partial charge on any atom is -0.364 e. The third-order valence-corrected chi connectivity index (χ3v) is 5.25. The second-order valence-corrected chi connectivity index (χ2v) is 6.99. The molecule has 0 saturated heterocycles. The molecule has 2 aliphatic carbocycles. The molecule has 0 radical (unpaired) electrons. The van der Waals surface area contributed by atoms with E-state index in [-0.39, 0.29) is 18.1 Å². The van der Waals surface area contributed by atoms with Gasteiger partial charge in [-0.3, -0.25) is 4.79 Å². The summed E-state index contributed by atoms with van der Waals surface area (Å²) in [5, 5.41) is 0. The Morgan fingerprint density at radius 1 is 1.30 bits per heavy atom. The second kappa shape index (κ2) is 6.44. The Morgan fingerprint density at radius 2 is 1.90 bits per heavy atom. The summed E-state index contributed by atoms with van der Waals surface area (Å²) in [7, 11) is 1.88. The van der Waals surface area contributed by atoms with Crippen LogP contribution in [0.15, 0.2) is 0 Å². The average molecular weight is 282 g/mol. The monoisotopic (exact) mass is 282 g/mol. The molecule has 2 aliphatic rings. The number of likely N-dealkylation sites (N-methyl/N-ethyl adjacent to an activating group) is 1. The number of rotatable bonds is 6. The molecular formula is C16H30N2O2. The van der Waals surface area contributed by atoms with Gasteiger partial charge in [0.2, 0.25) is 5.91 Å². The second-order valence-electron chi connectivity index (χ2n) is 6.99. The van der Waals surface area contributed by atoms with E-state index in [1.54, 1.807) is 0 Å². The summed E-state index contributed by atoms with van der Waals surface area (Å²) in [6, 6.07) is 0.455. The molecule has 2 saturated carbocycles. The van der Waals surface area contributed by atoms with Crippen LogP contribution in [0.4, 0.5) is 0 Å². The molecule has 4 heteroatoms. The molecule has 0 aliphatic heterocycles. The van der Waals surface area contributed by atoms with Crippen LogP contribution in [-0.2, 0) is 9.53 Å². The lowest BCUT2D eigenvalue weighted by atomic mass is 9.74. The van der Waals surface area contributed by atoms with Gasteiger partial charge in [-0.15, -0.1) is 0 Å². The topological polar surface area (TPSA) is 55.6 Å². The Kier molecular flexibility index (Phi) is 5.08. The van der Waals surface area contributed by atoms with E-state index in [4.69, 9.17) is 10.5 Å². The van der Waals surface area contributed by atoms with Crippen molar-refractivity contribution in [2.45, 2.75) is 64.0 Å². The fourth-order valence-corrected chi connectivity index (χ4v) is 3.22. The number of carbonyl (C=O) groups is 1. The summed E-state index contributed by atoms with van der Waals surface area (Å²) in [6.45, 7) is 5.29. The molecule has 1 amide bonds. The van der Waals surface area contributed by atoms with Gasteiger partial charge >= 0.3 is 0 Å². The number of nitrogens with zero attached hydrogens (tertiary/aromatic N) is 1. The number of carbonyl (C=O) groups excluding carboxylic acids is 1. The van der Waals surface area contributed by atoms with Crippen LogP contribution in [0.3, 0.4) is 0 Å². The van der Waals surface area contributed by atoms with Crippen molar-refractivity contribution in [3.05, 3.63) is 0 Å². The first kappa shape index (κ1) is 15.8. The van der Waals surface area contributed by atoms with Crippen molar-refractivity contribution in [2.75, 3.05) is 20.2 Å². The van der Waals surface area contributed by atoms with E-state index < -0.39 is 0 Å². The third kappa shape index (κ3) is 3.73. The van der Waals surface area contributed by atoms with Gasteiger partial charge in [-0.1, -0.05) is 13.8 Å². The van der Waals surface area contributed by atoms with E-state index in [1.165, 1.54) is 12.8 Å². The van der Waals surface area contributed by atoms with Gasteiger partial charge in [0.1, 0.15) is 6.61 Å². The van der Waals surface area contributed by atoms with E-state index in [2.05, 4.69) is 13.8 Å². The normalized spacial score (nSPS) is 30.6. The molecule has 2 fully saturated rings. The van der Waals surface area contributed by atoms with Crippen molar-refractivity contribution in [1.82, 2.24) is 4.90 Å². The number of ether oxygens (including phenoxy) is 1. The maximum atomic E-state index is 12.1. The largest absolute Gasteiger partial charge is 0.364 e. The Hall–Kier alpha value is -0.610. The predicted molar refractivity (Wildman–Crippen MR) is 80.3 cm³/mol. The highest BCUT2D eigenvalue weighted by atomic mass is 16.5. The number of hydrogen-bond donors (Lipinski definition) is 1. The molecule has 20 heavy (non-hydrogen) atoms. The lowest BCUT2D eigenvalue weighted by molar-refractivity contribution is -0.145. The summed E-state index contributed by atoms with van der Waals surface area (Å²) >= 11 is 0. The molecule has 0 unspecified atom stereocenters. The smallest absolute Gasteiger partial charge is 0.248 e. The van der Waals surface area contributed by atoms with E-state index >= 15 is 0 Å². The summed E-state index contributed by atoms with van der Waals surface area (Å²) in [5.41, 5.74) is 5.69. The van der Waals surface area contributed by atoms with Gasteiger partial charge in [0.15, 0.2) is 0 Å². The summed E-state index contributed by atoms with van der Waals surface area (Å²) in [6.07, 6.45) is 6.60. The highest BCUT2D eigenvalue weighted by Gasteiger charge is 2.37. The minimum absolute atomic E-state index is 0.103. The number of hydrogen-bond acceptors (Lipinski definition) is 3. The molecule has 0 spiro atoms. The van der Waals surface area contributed by atoms with Gasteiger partial charge in [0, 0.05) is 19.6 Å². The van der Waals surface area contributed by atoms with Crippen LogP contribution in [0.2, 0.25) is 0 Å². The average Bonchev–Trinajstić information content (AvgIpc) is 3.29. The molecule has 0 atom stereocenters. The highest BCUT2D eigenvalue weighted by molar-refractivity contribution is 5.77. The van der Waals surface area contributed by atoms with Crippen LogP contribution >= 0.6 is 0 Å². The highest BCUT2D eigenvalue weighted by Crippen LogP contribution is 2.37. The van der Waals surface area contributed by atoms with Crippen molar-refractivity contribution >= 4 is 5.91 Å². The van der Waals surface area contributed by atoms with Crippen LogP contribution < -0.4 is 5.73 Å². The molecule has 2 N–H and O–H groups in total. The molecule has 116 valence electrons. The minimum atomic E-state index is -0.258. The Labute approximate surface area is 123 Å². The van der Waals surface area contributed by atoms with Crippen molar-refractivity contribution in [2.24, 2.45) is 17.6 Å². The fourth-order valence-electron chi connectivity index (χ4n) is 3.22. The van der Waals surface area contributed by atoms with E-state index in [0.29, 0.717) is 12.6 Å². The predicted octanol–water partition coefficient (Wildman–Crippen LogP) is 2.17. The molecule has 0 bridgehead atoms. The maximum absolute atomic E-state index is 12.1.